The number of benzene rings is 2. The SMILES string of the molecule is COc1cc([N+](=O)[O-])ccc1N/C=C(/C#N)C(=O)Nc1ccccc1[N+](=O)[O-]. The highest BCUT2D eigenvalue weighted by Crippen LogP contribution is 2.29. The van der Waals surface area contributed by atoms with Gasteiger partial charge in [0, 0.05) is 18.3 Å². The third-order valence-electron chi connectivity index (χ3n) is 3.48. The van der Waals surface area contributed by atoms with Crippen molar-refractivity contribution in [2.24, 2.45) is 0 Å². The number of nitro benzene ring substituents is 2. The quantitative estimate of drug-likeness (QED) is 0.319. The van der Waals surface area contributed by atoms with Crippen LogP contribution < -0.4 is 15.4 Å². The molecule has 0 spiro atoms. The van der Waals surface area contributed by atoms with E-state index >= 15 is 0 Å². The van der Waals surface area contributed by atoms with E-state index in [1.165, 1.54) is 49.6 Å². The average Bonchev–Trinajstić information content (AvgIpc) is 2.68. The fourth-order valence-electron chi connectivity index (χ4n) is 2.14. The van der Waals surface area contributed by atoms with Crippen LogP contribution in [0.1, 0.15) is 0 Å². The van der Waals surface area contributed by atoms with Crippen molar-refractivity contribution in [1.29, 1.82) is 5.26 Å². The van der Waals surface area contributed by atoms with Crippen molar-refractivity contribution in [3.05, 3.63) is 74.5 Å². The number of rotatable bonds is 7. The molecule has 2 aromatic carbocycles. The second-order valence-electron chi connectivity index (χ2n) is 5.18. The van der Waals surface area contributed by atoms with E-state index in [4.69, 9.17) is 4.74 Å². The molecule has 2 aromatic rings. The maximum atomic E-state index is 12.3. The number of nitriles is 1. The van der Waals surface area contributed by atoms with Crippen molar-refractivity contribution >= 4 is 28.7 Å². The van der Waals surface area contributed by atoms with Gasteiger partial charge in [-0.15, -0.1) is 0 Å². The summed E-state index contributed by atoms with van der Waals surface area (Å²) >= 11 is 0. The number of nitrogens with one attached hydrogen (secondary N) is 2. The predicted octanol–water partition coefficient (Wildman–Crippen LogP) is 2.97. The lowest BCUT2D eigenvalue weighted by molar-refractivity contribution is -0.384. The van der Waals surface area contributed by atoms with E-state index in [1.807, 2.05) is 0 Å². The van der Waals surface area contributed by atoms with Gasteiger partial charge in [0.1, 0.15) is 23.1 Å². The van der Waals surface area contributed by atoms with Crippen LogP contribution in [0.2, 0.25) is 0 Å². The van der Waals surface area contributed by atoms with Gasteiger partial charge in [-0.05, 0) is 12.1 Å². The minimum absolute atomic E-state index is 0.0634. The van der Waals surface area contributed by atoms with Crippen molar-refractivity contribution in [3.63, 3.8) is 0 Å². The Labute approximate surface area is 158 Å². The fraction of sp³-hybridized carbons (Fsp3) is 0.0588. The van der Waals surface area contributed by atoms with E-state index in [-0.39, 0.29) is 34.1 Å². The van der Waals surface area contributed by atoms with Crippen molar-refractivity contribution in [3.8, 4) is 11.8 Å². The Balaban J connectivity index is 2.23. The zero-order chi connectivity index (χ0) is 20.7. The first-order valence-electron chi connectivity index (χ1n) is 7.61. The average molecular weight is 383 g/mol. The van der Waals surface area contributed by atoms with Crippen LogP contribution in [-0.2, 0) is 4.79 Å². The number of para-hydroxylation sites is 2. The first kappa shape index (κ1) is 19.9. The molecule has 0 aliphatic heterocycles. The van der Waals surface area contributed by atoms with Crippen LogP contribution >= 0.6 is 0 Å². The summed E-state index contributed by atoms with van der Waals surface area (Å²) in [4.78, 5) is 32.8. The smallest absolute Gasteiger partial charge is 0.292 e. The molecular formula is C17H13N5O6. The molecule has 0 heterocycles. The topological polar surface area (TPSA) is 160 Å². The van der Waals surface area contributed by atoms with E-state index in [1.54, 1.807) is 6.07 Å². The summed E-state index contributed by atoms with van der Waals surface area (Å²) in [5, 5.41) is 36.0. The maximum absolute atomic E-state index is 12.3. The Morgan fingerprint density at radius 3 is 2.46 bits per heavy atom. The van der Waals surface area contributed by atoms with Gasteiger partial charge in [0.2, 0.25) is 0 Å². The Bertz CT molecular complexity index is 1010. The minimum Gasteiger partial charge on any atom is -0.494 e. The molecule has 0 aromatic heterocycles. The summed E-state index contributed by atoms with van der Waals surface area (Å²) in [6.45, 7) is 0. The molecule has 0 aliphatic rings. The summed E-state index contributed by atoms with van der Waals surface area (Å²) in [6, 6.07) is 10.9. The lowest BCUT2D eigenvalue weighted by Crippen LogP contribution is -2.15. The molecule has 0 fully saturated rings. The van der Waals surface area contributed by atoms with Crippen LogP contribution in [0.25, 0.3) is 0 Å². The molecule has 0 saturated heterocycles. The standard InChI is InChI=1S/C17H13N5O6/c1-28-16-8-12(21(24)25)6-7-14(16)19-10-11(9-18)17(23)20-13-4-2-3-5-15(13)22(26)27/h2-8,10,19H,1H3,(H,20,23)/b11-10-. The molecular weight excluding hydrogens is 370 g/mol. The van der Waals surface area contributed by atoms with Gasteiger partial charge in [-0.25, -0.2) is 0 Å². The normalized spacial score (nSPS) is 10.5. The number of anilines is 2. The highest BCUT2D eigenvalue weighted by Gasteiger charge is 2.17. The van der Waals surface area contributed by atoms with Gasteiger partial charge in [0.05, 0.1) is 28.7 Å². The number of methoxy groups -OCH3 is 1. The van der Waals surface area contributed by atoms with Crippen LogP contribution in [0, 0.1) is 31.6 Å². The summed E-state index contributed by atoms with van der Waals surface area (Å²) in [6.07, 6.45) is 1.06. The lowest BCUT2D eigenvalue weighted by atomic mass is 10.2. The largest absolute Gasteiger partial charge is 0.494 e. The zero-order valence-electron chi connectivity index (χ0n) is 14.4. The first-order valence-corrected chi connectivity index (χ1v) is 7.61. The Kier molecular flexibility index (Phi) is 6.22. The van der Waals surface area contributed by atoms with E-state index < -0.39 is 15.8 Å². The number of carbonyl (C=O) groups excluding carboxylic acids is 1. The van der Waals surface area contributed by atoms with Gasteiger partial charge < -0.3 is 15.4 Å². The van der Waals surface area contributed by atoms with Gasteiger partial charge in [0.25, 0.3) is 17.3 Å². The highest BCUT2D eigenvalue weighted by atomic mass is 16.6. The second kappa shape index (κ2) is 8.77. The molecule has 0 unspecified atom stereocenters. The van der Waals surface area contributed by atoms with E-state index in [0.717, 1.165) is 6.20 Å². The molecule has 0 radical (unpaired) electrons. The van der Waals surface area contributed by atoms with Crippen molar-refractivity contribution in [1.82, 2.24) is 0 Å². The van der Waals surface area contributed by atoms with E-state index in [0.29, 0.717) is 0 Å². The molecule has 28 heavy (non-hydrogen) atoms. The summed E-state index contributed by atoms with van der Waals surface area (Å²) in [7, 11) is 1.31. The molecule has 0 bridgehead atoms. The monoisotopic (exact) mass is 383 g/mol. The van der Waals surface area contributed by atoms with Gasteiger partial charge in [-0.2, -0.15) is 5.26 Å². The van der Waals surface area contributed by atoms with Gasteiger partial charge >= 0.3 is 0 Å². The first-order chi connectivity index (χ1) is 13.4. The molecule has 0 aliphatic carbocycles. The number of carbonyl (C=O) groups is 1. The minimum atomic E-state index is -0.870. The van der Waals surface area contributed by atoms with Gasteiger partial charge in [-0.3, -0.25) is 25.0 Å². The molecule has 11 nitrogen and oxygen atoms in total. The second-order valence-corrected chi connectivity index (χ2v) is 5.18. The third kappa shape index (κ3) is 4.58. The van der Waals surface area contributed by atoms with Crippen molar-refractivity contribution in [2.45, 2.75) is 0 Å². The molecule has 142 valence electrons. The summed E-state index contributed by atoms with van der Waals surface area (Å²) in [5.41, 5.74) is -0.677. The van der Waals surface area contributed by atoms with Crippen LogP contribution in [0.15, 0.2) is 54.2 Å². The summed E-state index contributed by atoms with van der Waals surface area (Å²) in [5.74, 6) is -0.743. The maximum Gasteiger partial charge on any atom is 0.292 e. The Morgan fingerprint density at radius 2 is 1.86 bits per heavy atom. The van der Waals surface area contributed by atoms with Gasteiger partial charge in [-0.1, -0.05) is 12.1 Å². The highest BCUT2D eigenvalue weighted by molar-refractivity contribution is 6.07. The molecule has 11 heteroatoms. The molecule has 1 amide bonds. The fourth-order valence-corrected chi connectivity index (χ4v) is 2.14. The number of nitrogens with zero attached hydrogens (tertiary/aromatic N) is 3. The van der Waals surface area contributed by atoms with Crippen LogP contribution in [0.4, 0.5) is 22.7 Å². The molecule has 2 N–H and O–H groups in total. The Morgan fingerprint density at radius 1 is 1.14 bits per heavy atom. The number of hydrogen-bond acceptors (Lipinski definition) is 8. The zero-order valence-corrected chi connectivity index (χ0v) is 14.4. The third-order valence-corrected chi connectivity index (χ3v) is 3.48. The number of hydrogen-bond donors (Lipinski definition) is 2. The Hall–Kier alpha value is -4.46. The molecule has 2 rings (SSSR count). The number of amides is 1. The number of ether oxygens (including phenoxy) is 1. The number of non-ortho nitro benzene ring substituents is 1. The molecule has 0 saturated carbocycles. The van der Waals surface area contributed by atoms with Crippen molar-refractivity contribution < 1.29 is 19.4 Å². The predicted molar refractivity (Wildman–Crippen MR) is 98.7 cm³/mol. The van der Waals surface area contributed by atoms with E-state index in [2.05, 4.69) is 10.6 Å². The van der Waals surface area contributed by atoms with Crippen molar-refractivity contribution in [2.75, 3.05) is 17.7 Å². The van der Waals surface area contributed by atoms with Crippen LogP contribution in [-0.4, -0.2) is 22.9 Å². The number of nitro groups is 2. The van der Waals surface area contributed by atoms with E-state index in [9.17, 15) is 30.3 Å². The van der Waals surface area contributed by atoms with Gasteiger partial charge in [0.15, 0.2) is 0 Å². The van der Waals surface area contributed by atoms with Crippen LogP contribution in [0.3, 0.4) is 0 Å². The van der Waals surface area contributed by atoms with Crippen LogP contribution in [0.5, 0.6) is 5.75 Å². The lowest BCUT2D eigenvalue weighted by Gasteiger charge is -2.09. The molecule has 0 atom stereocenters. The summed E-state index contributed by atoms with van der Waals surface area (Å²) < 4.78 is 5.05.